The van der Waals surface area contributed by atoms with E-state index in [1.165, 1.54) is 29.5 Å². The maximum Gasteiger partial charge on any atom is 0.119 e. The van der Waals surface area contributed by atoms with E-state index < -0.39 is 0 Å². The predicted molar refractivity (Wildman–Crippen MR) is 86.6 cm³/mol. The average molecular weight is 281 g/mol. The smallest absolute Gasteiger partial charge is 0.119 e. The van der Waals surface area contributed by atoms with E-state index in [1.807, 2.05) is 12.1 Å². The van der Waals surface area contributed by atoms with E-state index in [-0.39, 0.29) is 6.04 Å². The fourth-order valence-corrected chi connectivity index (χ4v) is 2.47. The van der Waals surface area contributed by atoms with Crippen molar-refractivity contribution in [3.8, 4) is 5.75 Å². The Bertz CT molecular complexity index is 614. The number of nitrogens with two attached hydrogens (primary N) is 1. The second-order valence-electron chi connectivity index (χ2n) is 6.12. The molecule has 2 heteroatoms. The Kier molecular flexibility index (Phi) is 3.98. The van der Waals surface area contributed by atoms with Crippen molar-refractivity contribution < 1.29 is 4.74 Å². The second kappa shape index (κ2) is 5.90. The Morgan fingerprint density at radius 2 is 1.76 bits per heavy atom. The van der Waals surface area contributed by atoms with Crippen LogP contribution in [0.15, 0.2) is 42.5 Å². The minimum Gasteiger partial charge on any atom is -0.490 e. The van der Waals surface area contributed by atoms with E-state index in [1.54, 1.807) is 0 Å². The minimum absolute atomic E-state index is 0.0297. The van der Waals surface area contributed by atoms with Gasteiger partial charge < -0.3 is 10.5 Å². The Hall–Kier alpha value is -1.80. The van der Waals surface area contributed by atoms with Crippen molar-refractivity contribution in [2.75, 3.05) is 0 Å². The van der Waals surface area contributed by atoms with Crippen molar-refractivity contribution >= 4 is 0 Å². The summed E-state index contributed by atoms with van der Waals surface area (Å²) < 4.78 is 5.77. The van der Waals surface area contributed by atoms with E-state index in [0.29, 0.717) is 6.10 Å². The quantitative estimate of drug-likeness (QED) is 0.896. The third-order valence-electron chi connectivity index (χ3n) is 4.16. The standard InChI is InChI=1S/C19H23NO/c1-13-3-4-15(11-14(13)2)12-19(20)16-5-7-17(8-6-16)21-18-9-10-18/h3-8,11,18-19H,9-10,12,20H2,1-2H3. The fourth-order valence-electron chi connectivity index (χ4n) is 2.47. The van der Waals surface area contributed by atoms with Gasteiger partial charge in [0.05, 0.1) is 6.10 Å². The first-order valence-electron chi connectivity index (χ1n) is 7.70. The van der Waals surface area contributed by atoms with Crippen LogP contribution in [0.2, 0.25) is 0 Å². The van der Waals surface area contributed by atoms with Gasteiger partial charge >= 0.3 is 0 Å². The zero-order valence-corrected chi connectivity index (χ0v) is 12.8. The number of hydrogen-bond donors (Lipinski definition) is 1. The van der Waals surface area contributed by atoms with Gasteiger partial charge in [0.25, 0.3) is 0 Å². The van der Waals surface area contributed by atoms with Crippen molar-refractivity contribution in [2.45, 2.75) is 45.3 Å². The molecule has 0 radical (unpaired) electrons. The van der Waals surface area contributed by atoms with Crippen LogP contribution in [0.5, 0.6) is 5.75 Å². The van der Waals surface area contributed by atoms with Crippen molar-refractivity contribution in [1.29, 1.82) is 0 Å². The third kappa shape index (κ3) is 3.64. The Balaban J connectivity index is 1.66. The van der Waals surface area contributed by atoms with Crippen molar-refractivity contribution in [1.82, 2.24) is 0 Å². The lowest BCUT2D eigenvalue weighted by Gasteiger charge is -2.14. The summed E-state index contributed by atoms with van der Waals surface area (Å²) in [6, 6.07) is 14.9. The molecule has 1 atom stereocenters. The van der Waals surface area contributed by atoms with E-state index >= 15 is 0 Å². The van der Waals surface area contributed by atoms with Gasteiger partial charge in [0.15, 0.2) is 0 Å². The number of hydrogen-bond acceptors (Lipinski definition) is 2. The normalized spacial score (nSPS) is 15.8. The molecule has 0 bridgehead atoms. The van der Waals surface area contributed by atoms with E-state index in [4.69, 9.17) is 10.5 Å². The van der Waals surface area contributed by atoms with Crippen LogP contribution < -0.4 is 10.5 Å². The lowest BCUT2D eigenvalue weighted by Crippen LogP contribution is -2.13. The molecule has 1 aliphatic rings. The summed E-state index contributed by atoms with van der Waals surface area (Å²) in [5.41, 5.74) is 11.5. The molecule has 0 heterocycles. The molecule has 2 nitrogen and oxygen atoms in total. The molecular formula is C19H23NO. The number of benzene rings is 2. The van der Waals surface area contributed by atoms with Gasteiger partial charge in [-0.1, -0.05) is 30.3 Å². The molecule has 0 saturated heterocycles. The lowest BCUT2D eigenvalue weighted by molar-refractivity contribution is 0.303. The molecule has 2 N–H and O–H groups in total. The highest BCUT2D eigenvalue weighted by Gasteiger charge is 2.23. The molecule has 3 rings (SSSR count). The van der Waals surface area contributed by atoms with Gasteiger partial charge in [-0.05, 0) is 67.5 Å². The van der Waals surface area contributed by atoms with E-state index in [0.717, 1.165) is 17.7 Å². The summed E-state index contributed by atoms with van der Waals surface area (Å²) in [5, 5.41) is 0. The van der Waals surface area contributed by atoms with Crippen LogP contribution in [0.3, 0.4) is 0 Å². The first-order valence-corrected chi connectivity index (χ1v) is 7.70. The average Bonchev–Trinajstić information content (AvgIpc) is 3.28. The lowest BCUT2D eigenvalue weighted by atomic mass is 9.97. The Labute approximate surface area is 126 Å². The molecule has 1 fully saturated rings. The van der Waals surface area contributed by atoms with E-state index in [2.05, 4.69) is 44.2 Å². The largest absolute Gasteiger partial charge is 0.490 e. The summed E-state index contributed by atoms with van der Waals surface area (Å²) in [6.45, 7) is 4.28. The first kappa shape index (κ1) is 14.2. The van der Waals surface area contributed by atoms with Crippen LogP contribution in [-0.2, 0) is 6.42 Å². The van der Waals surface area contributed by atoms with Gasteiger partial charge in [-0.15, -0.1) is 0 Å². The Morgan fingerprint density at radius 3 is 2.38 bits per heavy atom. The van der Waals surface area contributed by atoms with Crippen molar-refractivity contribution in [2.24, 2.45) is 5.73 Å². The number of rotatable bonds is 5. The molecule has 1 unspecified atom stereocenters. The van der Waals surface area contributed by atoms with Gasteiger partial charge in [-0.2, -0.15) is 0 Å². The third-order valence-corrected chi connectivity index (χ3v) is 4.16. The summed E-state index contributed by atoms with van der Waals surface area (Å²) in [7, 11) is 0. The first-order chi connectivity index (χ1) is 10.1. The SMILES string of the molecule is Cc1ccc(CC(N)c2ccc(OC3CC3)cc2)cc1C. The molecule has 110 valence electrons. The molecular weight excluding hydrogens is 258 g/mol. The molecule has 0 spiro atoms. The van der Waals surface area contributed by atoms with Crippen LogP contribution in [0.25, 0.3) is 0 Å². The van der Waals surface area contributed by atoms with Gasteiger partial charge in [-0.3, -0.25) is 0 Å². The maximum absolute atomic E-state index is 6.34. The highest BCUT2D eigenvalue weighted by molar-refractivity contribution is 5.33. The maximum atomic E-state index is 6.34. The van der Waals surface area contributed by atoms with Gasteiger partial charge in [0, 0.05) is 6.04 Å². The van der Waals surface area contributed by atoms with E-state index in [9.17, 15) is 0 Å². The van der Waals surface area contributed by atoms with Gasteiger partial charge in [0.2, 0.25) is 0 Å². The Morgan fingerprint density at radius 1 is 1.05 bits per heavy atom. The van der Waals surface area contributed by atoms with Crippen LogP contribution in [0.4, 0.5) is 0 Å². The van der Waals surface area contributed by atoms with Crippen molar-refractivity contribution in [3.05, 3.63) is 64.7 Å². The molecule has 0 aromatic heterocycles. The molecule has 21 heavy (non-hydrogen) atoms. The van der Waals surface area contributed by atoms with Gasteiger partial charge in [0.1, 0.15) is 5.75 Å². The molecule has 2 aromatic carbocycles. The number of aryl methyl sites for hydroxylation is 2. The predicted octanol–water partition coefficient (Wildman–Crippen LogP) is 4.09. The monoisotopic (exact) mass is 281 g/mol. The van der Waals surface area contributed by atoms with Crippen molar-refractivity contribution in [3.63, 3.8) is 0 Å². The molecule has 1 aliphatic carbocycles. The van der Waals surface area contributed by atoms with Crippen LogP contribution >= 0.6 is 0 Å². The fraction of sp³-hybridized carbons (Fsp3) is 0.368. The molecule has 2 aromatic rings. The van der Waals surface area contributed by atoms with Gasteiger partial charge in [-0.25, -0.2) is 0 Å². The number of ether oxygens (including phenoxy) is 1. The molecule has 0 aliphatic heterocycles. The molecule has 0 amide bonds. The zero-order valence-electron chi connectivity index (χ0n) is 12.8. The zero-order chi connectivity index (χ0) is 14.8. The summed E-state index contributed by atoms with van der Waals surface area (Å²) in [6.07, 6.45) is 3.69. The summed E-state index contributed by atoms with van der Waals surface area (Å²) in [4.78, 5) is 0. The summed E-state index contributed by atoms with van der Waals surface area (Å²) >= 11 is 0. The van der Waals surface area contributed by atoms with Crippen LogP contribution in [-0.4, -0.2) is 6.10 Å². The van der Waals surface area contributed by atoms with Crippen LogP contribution in [0.1, 0.15) is 41.1 Å². The molecule has 1 saturated carbocycles. The topological polar surface area (TPSA) is 35.2 Å². The summed E-state index contributed by atoms with van der Waals surface area (Å²) in [5.74, 6) is 0.958. The second-order valence-corrected chi connectivity index (χ2v) is 6.12. The highest BCUT2D eigenvalue weighted by atomic mass is 16.5. The highest BCUT2D eigenvalue weighted by Crippen LogP contribution is 2.27. The minimum atomic E-state index is 0.0297. The van der Waals surface area contributed by atoms with Crippen LogP contribution in [0, 0.1) is 13.8 Å².